The molecule has 5 nitrogen and oxygen atoms in total. The Morgan fingerprint density at radius 1 is 1.36 bits per heavy atom. The number of halogens is 1. The summed E-state index contributed by atoms with van der Waals surface area (Å²) in [6, 6.07) is 2.31. The van der Waals surface area contributed by atoms with Crippen LogP contribution in [-0.2, 0) is 10.2 Å². The van der Waals surface area contributed by atoms with Gasteiger partial charge < -0.3 is 10.2 Å². The van der Waals surface area contributed by atoms with Crippen molar-refractivity contribution in [2.45, 2.75) is 4.90 Å². The highest BCUT2D eigenvalue weighted by Gasteiger charge is 2.19. The van der Waals surface area contributed by atoms with E-state index in [0.29, 0.717) is 6.07 Å². The lowest BCUT2D eigenvalue weighted by Gasteiger charge is -2.00. The molecule has 0 heterocycles. The molecule has 1 aromatic carbocycles. The molecule has 0 aromatic heterocycles. The van der Waals surface area contributed by atoms with Crippen LogP contribution in [0.15, 0.2) is 23.1 Å². The molecule has 2 N–H and O–H groups in total. The summed E-state index contributed by atoms with van der Waals surface area (Å²) in [6.45, 7) is 0. The number of aromatic hydroxyl groups is 1. The van der Waals surface area contributed by atoms with Gasteiger partial charge in [0.25, 0.3) is 0 Å². The van der Waals surface area contributed by atoms with E-state index in [0.717, 1.165) is 12.1 Å². The van der Waals surface area contributed by atoms with Crippen molar-refractivity contribution in [3.05, 3.63) is 23.8 Å². The number of phenolic OH excluding ortho intramolecular Hbond substituents is 1. The summed E-state index contributed by atoms with van der Waals surface area (Å²) in [6.07, 6.45) is 0. The fourth-order valence-electron chi connectivity index (χ4n) is 0.842. The van der Waals surface area contributed by atoms with E-state index in [-0.39, 0.29) is 0 Å². The van der Waals surface area contributed by atoms with Gasteiger partial charge in [0.2, 0.25) is 0 Å². The van der Waals surface area contributed by atoms with Crippen LogP contribution in [0, 0.1) is 0 Å². The predicted molar refractivity (Wildman–Crippen MR) is 43.4 cm³/mol. The van der Waals surface area contributed by atoms with Crippen LogP contribution < -0.4 is 0 Å². The minimum absolute atomic E-state index is 0.418. The maximum Gasteiger partial charge on any atom is 0.335 e. The van der Waals surface area contributed by atoms with Crippen LogP contribution in [-0.4, -0.2) is 24.6 Å². The van der Waals surface area contributed by atoms with Gasteiger partial charge in [-0.25, -0.2) is 4.79 Å². The Balaban J connectivity index is 3.44. The van der Waals surface area contributed by atoms with Gasteiger partial charge in [0.15, 0.2) is 0 Å². The molecule has 0 fully saturated rings. The van der Waals surface area contributed by atoms with Crippen molar-refractivity contribution in [1.29, 1.82) is 0 Å². The van der Waals surface area contributed by atoms with Crippen LogP contribution in [0.2, 0.25) is 0 Å². The first-order chi connectivity index (χ1) is 6.32. The van der Waals surface area contributed by atoms with Crippen LogP contribution in [0.5, 0.6) is 5.75 Å². The summed E-state index contributed by atoms with van der Waals surface area (Å²) in [5, 5.41) is 17.4. The van der Waals surface area contributed by atoms with E-state index in [2.05, 4.69) is 0 Å². The van der Waals surface area contributed by atoms with Gasteiger partial charge in [-0.05, 0) is 18.2 Å². The lowest BCUT2D eigenvalue weighted by atomic mass is 10.2. The zero-order chi connectivity index (χ0) is 10.9. The van der Waals surface area contributed by atoms with Gasteiger partial charge in [-0.1, -0.05) is 0 Å². The summed E-state index contributed by atoms with van der Waals surface area (Å²) < 4.78 is 33.3. The third kappa shape index (κ3) is 1.99. The maximum absolute atomic E-state index is 12.4. The molecule has 0 spiro atoms. The Morgan fingerprint density at radius 3 is 2.36 bits per heavy atom. The van der Waals surface area contributed by atoms with E-state index in [4.69, 9.17) is 10.2 Å². The number of phenols is 1. The lowest BCUT2D eigenvalue weighted by Crippen LogP contribution is -1.99. The monoisotopic (exact) mass is 220 g/mol. The molecule has 1 aromatic rings. The maximum atomic E-state index is 12.4. The molecule has 1 rings (SSSR count). The number of aromatic carboxylic acids is 1. The van der Waals surface area contributed by atoms with E-state index in [1.807, 2.05) is 0 Å². The molecule has 0 unspecified atom stereocenters. The van der Waals surface area contributed by atoms with Gasteiger partial charge in [-0.3, -0.25) is 0 Å². The molecule has 14 heavy (non-hydrogen) atoms. The fourth-order valence-corrected chi connectivity index (χ4v) is 1.43. The first-order valence-electron chi connectivity index (χ1n) is 3.33. The minimum atomic E-state index is -5.10. The SMILES string of the molecule is O=C(O)c1ccc(O)c(S(=O)(=O)F)c1. The molecule has 0 aliphatic heterocycles. The fraction of sp³-hybridized carbons (Fsp3) is 0. The second-order valence-electron chi connectivity index (χ2n) is 2.43. The van der Waals surface area contributed by atoms with Crippen molar-refractivity contribution in [3.63, 3.8) is 0 Å². The van der Waals surface area contributed by atoms with Gasteiger partial charge in [0.1, 0.15) is 10.6 Å². The number of hydrogen-bond acceptors (Lipinski definition) is 4. The summed E-state index contributed by atoms with van der Waals surface area (Å²) in [4.78, 5) is 9.35. The van der Waals surface area contributed by atoms with Crippen LogP contribution in [0.1, 0.15) is 10.4 Å². The average Bonchev–Trinajstić information content (AvgIpc) is 2.02. The third-order valence-corrected chi connectivity index (χ3v) is 2.32. The molecule has 0 saturated carbocycles. The molecule has 0 bridgehead atoms. The number of benzene rings is 1. The normalized spacial score (nSPS) is 11.2. The molecule has 0 saturated heterocycles. The highest BCUT2D eigenvalue weighted by atomic mass is 32.3. The van der Waals surface area contributed by atoms with Crippen molar-refractivity contribution < 1.29 is 27.3 Å². The van der Waals surface area contributed by atoms with Gasteiger partial charge in [0, 0.05) is 0 Å². The molecule has 76 valence electrons. The Bertz CT molecular complexity index is 479. The van der Waals surface area contributed by atoms with Crippen molar-refractivity contribution >= 4 is 16.2 Å². The molecule has 0 atom stereocenters. The van der Waals surface area contributed by atoms with Crippen molar-refractivity contribution in [1.82, 2.24) is 0 Å². The highest BCUT2D eigenvalue weighted by molar-refractivity contribution is 7.86. The second kappa shape index (κ2) is 3.26. The van der Waals surface area contributed by atoms with Crippen LogP contribution in [0.4, 0.5) is 3.89 Å². The van der Waals surface area contributed by atoms with E-state index in [1.54, 1.807) is 0 Å². The highest BCUT2D eigenvalue weighted by Crippen LogP contribution is 2.25. The van der Waals surface area contributed by atoms with E-state index in [9.17, 15) is 17.1 Å². The lowest BCUT2D eigenvalue weighted by molar-refractivity contribution is 0.0696. The smallest absolute Gasteiger partial charge is 0.335 e. The van der Waals surface area contributed by atoms with Crippen LogP contribution in [0.25, 0.3) is 0 Å². The minimum Gasteiger partial charge on any atom is -0.506 e. The number of carboxylic acids is 1. The molecule has 7 heteroatoms. The summed E-state index contributed by atoms with van der Waals surface area (Å²) in [7, 11) is -5.10. The molecule has 0 amide bonds. The van der Waals surface area contributed by atoms with Gasteiger partial charge in [0.05, 0.1) is 5.56 Å². The van der Waals surface area contributed by atoms with Crippen LogP contribution in [0.3, 0.4) is 0 Å². The summed E-state index contributed by atoms with van der Waals surface area (Å²) in [5.41, 5.74) is -0.418. The topological polar surface area (TPSA) is 91.7 Å². The second-order valence-corrected chi connectivity index (χ2v) is 3.74. The van der Waals surface area contributed by atoms with E-state index in [1.165, 1.54) is 0 Å². The number of carbonyl (C=O) groups is 1. The largest absolute Gasteiger partial charge is 0.506 e. The van der Waals surface area contributed by atoms with E-state index < -0.39 is 32.4 Å². The van der Waals surface area contributed by atoms with Crippen molar-refractivity contribution in [2.24, 2.45) is 0 Å². The Hall–Kier alpha value is -1.63. The summed E-state index contributed by atoms with van der Waals surface area (Å²) >= 11 is 0. The zero-order valence-electron chi connectivity index (χ0n) is 6.64. The van der Waals surface area contributed by atoms with Crippen molar-refractivity contribution in [2.75, 3.05) is 0 Å². The molecule has 0 radical (unpaired) electrons. The first kappa shape index (κ1) is 10.5. The third-order valence-electron chi connectivity index (χ3n) is 1.47. The quantitative estimate of drug-likeness (QED) is 0.717. The average molecular weight is 220 g/mol. The van der Waals surface area contributed by atoms with E-state index >= 15 is 0 Å². The van der Waals surface area contributed by atoms with Gasteiger partial charge >= 0.3 is 16.2 Å². The standard InChI is InChI=1S/C7H5FO5S/c8-14(12,13)6-3-4(7(10)11)1-2-5(6)9/h1-3,9H,(H,10,11). The molecule has 0 aliphatic rings. The summed E-state index contributed by atoms with van der Waals surface area (Å²) in [5.74, 6) is -2.23. The van der Waals surface area contributed by atoms with Gasteiger partial charge in [-0.15, -0.1) is 3.89 Å². The number of rotatable bonds is 2. The Morgan fingerprint density at radius 2 is 1.93 bits per heavy atom. The molecular formula is C7H5FO5S. The molecule has 0 aliphatic carbocycles. The van der Waals surface area contributed by atoms with Gasteiger partial charge in [-0.2, -0.15) is 8.42 Å². The number of hydrogen-bond donors (Lipinski definition) is 2. The Kier molecular flexibility index (Phi) is 2.43. The molecular weight excluding hydrogens is 215 g/mol. The van der Waals surface area contributed by atoms with Crippen molar-refractivity contribution in [3.8, 4) is 5.75 Å². The van der Waals surface area contributed by atoms with Crippen LogP contribution >= 0.6 is 0 Å². The Labute approximate surface area is 78.6 Å². The zero-order valence-corrected chi connectivity index (χ0v) is 7.45. The predicted octanol–water partition coefficient (Wildman–Crippen LogP) is 0.749. The first-order valence-corrected chi connectivity index (χ1v) is 4.71. The number of carboxylic acid groups (broad SMARTS) is 1.